The summed E-state index contributed by atoms with van der Waals surface area (Å²) in [5, 5.41) is 14.2. The number of phenols is 1. The molecule has 2 aromatic carbocycles. The van der Waals surface area contributed by atoms with Crippen LogP contribution in [-0.4, -0.2) is 19.5 Å². The zero-order valence-electron chi connectivity index (χ0n) is 13.4. The van der Waals surface area contributed by atoms with Crippen LogP contribution in [-0.2, 0) is 12.6 Å². The van der Waals surface area contributed by atoms with Crippen molar-refractivity contribution in [2.24, 2.45) is 0 Å². The predicted octanol–water partition coefficient (Wildman–Crippen LogP) is 3.29. The Morgan fingerprint density at radius 3 is 2.50 bits per heavy atom. The number of hydrogen-bond acceptors (Lipinski definition) is 3. The lowest BCUT2D eigenvalue weighted by atomic mass is 10.1. The minimum Gasteiger partial charge on any atom is -0.506 e. The van der Waals surface area contributed by atoms with Crippen LogP contribution in [0.25, 0.3) is 5.69 Å². The van der Waals surface area contributed by atoms with Gasteiger partial charge < -0.3 is 5.11 Å². The Bertz CT molecular complexity index is 1020. The van der Waals surface area contributed by atoms with Crippen LogP contribution in [0.1, 0.15) is 29.4 Å². The lowest BCUT2D eigenvalue weighted by Crippen LogP contribution is -2.26. The van der Waals surface area contributed by atoms with Crippen LogP contribution in [0.2, 0.25) is 0 Å². The Hall–Kier alpha value is -3.03. The number of aromatic nitrogens is 3. The molecule has 2 heterocycles. The Labute approximate surface area is 145 Å². The van der Waals surface area contributed by atoms with Crippen molar-refractivity contribution < 1.29 is 18.3 Å². The minimum absolute atomic E-state index is 0.0725. The maximum absolute atomic E-state index is 12.8. The van der Waals surface area contributed by atoms with E-state index >= 15 is 0 Å². The van der Waals surface area contributed by atoms with Gasteiger partial charge in [-0.1, -0.05) is 30.3 Å². The van der Waals surface area contributed by atoms with Gasteiger partial charge in [-0.25, -0.2) is 4.79 Å². The molecule has 0 radical (unpaired) electrons. The molecule has 8 heteroatoms. The summed E-state index contributed by atoms with van der Waals surface area (Å²) in [4.78, 5) is 12.8. The molecule has 0 aliphatic carbocycles. The number of halogens is 3. The van der Waals surface area contributed by atoms with Crippen molar-refractivity contribution in [3.05, 3.63) is 76.0 Å². The molecule has 3 aromatic rings. The van der Waals surface area contributed by atoms with Crippen LogP contribution < -0.4 is 5.69 Å². The molecular formula is C18H14F3N3O2. The Morgan fingerprint density at radius 1 is 1.12 bits per heavy atom. The largest absolute Gasteiger partial charge is 0.506 e. The van der Waals surface area contributed by atoms with Gasteiger partial charge in [0.2, 0.25) is 0 Å². The van der Waals surface area contributed by atoms with Crippen molar-refractivity contribution in [3.8, 4) is 11.4 Å². The number of phenolic OH excluding ortho intramolecular Hbond substituents is 1. The summed E-state index contributed by atoms with van der Waals surface area (Å²) >= 11 is 0. The van der Waals surface area contributed by atoms with Crippen LogP contribution in [0, 0.1) is 0 Å². The van der Waals surface area contributed by atoms with Crippen molar-refractivity contribution in [2.45, 2.75) is 25.1 Å². The van der Waals surface area contributed by atoms with Crippen LogP contribution in [0.3, 0.4) is 0 Å². The molecule has 1 atom stereocenters. The first-order valence-corrected chi connectivity index (χ1v) is 8.02. The van der Waals surface area contributed by atoms with Gasteiger partial charge in [0.1, 0.15) is 17.3 Å². The van der Waals surface area contributed by atoms with Gasteiger partial charge in [-0.15, -0.1) is 5.10 Å². The minimum atomic E-state index is -4.57. The lowest BCUT2D eigenvalue weighted by molar-refractivity contribution is -0.137. The van der Waals surface area contributed by atoms with Gasteiger partial charge in [0.25, 0.3) is 0 Å². The van der Waals surface area contributed by atoms with E-state index in [1.54, 1.807) is 0 Å². The lowest BCUT2D eigenvalue weighted by Gasteiger charge is -2.12. The molecule has 1 N–H and O–H groups in total. The number of fused-ring (bicyclic) bond motifs is 1. The molecule has 134 valence electrons. The Morgan fingerprint density at radius 2 is 1.85 bits per heavy atom. The molecule has 5 nitrogen and oxygen atoms in total. The predicted molar refractivity (Wildman–Crippen MR) is 87.4 cm³/mol. The molecule has 0 amide bonds. The average molecular weight is 361 g/mol. The molecule has 1 aromatic heterocycles. The third kappa shape index (κ3) is 2.58. The fourth-order valence-electron chi connectivity index (χ4n) is 3.32. The molecule has 0 saturated heterocycles. The molecule has 0 spiro atoms. The Kier molecular flexibility index (Phi) is 3.64. The normalized spacial score (nSPS) is 16.7. The number of benzene rings is 2. The van der Waals surface area contributed by atoms with E-state index < -0.39 is 23.2 Å². The van der Waals surface area contributed by atoms with Crippen LogP contribution in [0.4, 0.5) is 13.2 Å². The quantitative estimate of drug-likeness (QED) is 0.762. The van der Waals surface area contributed by atoms with Gasteiger partial charge in [0.15, 0.2) is 0 Å². The topological polar surface area (TPSA) is 60.1 Å². The summed E-state index contributed by atoms with van der Waals surface area (Å²) in [6.45, 7) is 0. The molecule has 26 heavy (non-hydrogen) atoms. The number of hydrogen-bond donors (Lipinski definition) is 1. The molecule has 1 aliphatic rings. The number of aryl methyl sites for hydroxylation is 1. The summed E-state index contributed by atoms with van der Waals surface area (Å²) < 4.78 is 40.8. The molecule has 0 fully saturated rings. The van der Waals surface area contributed by atoms with E-state index in [1.807, 2.05) is 30.3 Å². The van der Waals surface area contributed by atoms with Gasteiger partial charge in [-0.3, -0.25) is 4.57 Å². The third-order valence-electron chi connectivity index (χ3n) is 4.55. The fraction of sp³-hybridized carbons (Fsp3) is 0.222. The van der Waals surface area contributed by atoms with E-state index in [0.717, 1.165) is 28.8 Å². The van der Waals surface area contributed by atoms with Gasteiger partial charge >= 0.3 is 11.9 Å². The van der Waals surface area contributed by atoms with Gasteiger partial charge in [-0.05, 0) is 30.2 Å². The number of alkyl halides is 3. The second kappa shape index (κ2) is 5.76. The molecular weight excluding hydrogens is 347 g/mol. The molecule has 1 aliphatic heterocycles. The third-order valence-corrected chi connectivity index (χ3v) is 4.55. The molecule has 0 saturated carbocycles. The maximum atomic E-state index is 12.8. The Balaban J connectivity index is 1.79. The molecule has 0 bridgehead atoms. The summed E-state index contributed by atoms with van der Waals surface area (Å²) in [6.07, 6.45) is -3.28. The van der Waals surface area contributed by atoms with Crippen LogP contribution in [0.5, 0.6) is 5.75 Å². The number of nitrogens with zero attached hydrogens (tertiary/aromatic N) is 3. The second-order valence-corrected chi connectivity index (χ2v) is 6.15. The SMILES string of the molecule is O=c1n(-c2ccc(C(F)(F)F)cc2O)nc2n1[C@H](c1ccccc1)CC2. The van der Waals surface area contributed by atoms with E-state index in [4.69, 9.17) is 0 Å². The van der Waals surface area contributed by atoms with Gasteiger partial charge in [0, 0.05) is 6.42 Å². The highest BCUT2D eigenvalue weighted by molar-refractivity contribution is 5.48. The van der Waals surface area contributed by atoms with Crippen molar-refractivity contribution >= 4 is 0 Å². The summed E-state index contributed by atoms with van der Waals surface area (Å²) in [5.41, 5.74) is -0.580. The highest BCUT2D eigenvalue weighted by Crippen LogP contribution is 2.34. The highest BCUT2D eigenvalue weighted by atomic mass is 19.4. The first-order valence-electron chi connectivity index (χ1n) is 8.02. The molecule has 4 rings (SSSR count). The summed E-state index contributed by atoms with van der Waals surface area (Å²) in [5.74, 6) is -0.0990. The van der Waals surface area contributed by atoms with Crippen molar-refractivity contribution in [1.82, 2.24) is 14.3 Å². The van der Waals surface area contributed by atoms with Crippen LogP contribution in [0.15, 0.2) is 53.3 Å². The van der Waals surface area contributed by atoms with E-state index in [2.05, 4.69) is 5.10 Å². The fourth-order valence-corrected chi connectivity index (χ4v) is 3.32. The van der Waals surface area contributed by atoms with E-state index in [9.17, 15) is 23.1 Å². The smallest absolute Gasteiger partial charge is 0.416 e. The zero-order valence-corrected chi connectivity index (χ0v) is 13.4. The van der Waals surface area contributed by atoms with Crippen LogP contribution >= 0.6 is 0 Å². The van der Waals surface area contributed by atoms with Crippen molar-refractivity contribution in [1.29, 1.82) is 0 Å². The van der Waals surface area contributed by atoms with E-state index in [1.165, 1.54) is 4.57 Å². The average Bonchev–Trinajstić information content (AvgIpc) is 3.15. The van der Waals surface area contributed by atoms with E-state index in [0.29, 0.717) is 18.3 Å². The monoisotopic (exact) mass is 361 g/mol. The maximum Gasteiger partial charge on any atom is 0.416 e. The van der Waals surface area contributed by atoms with Gasteiger partial charge in [0.05, 0.1) is 11.6 Å². The number of aromatic hydroxyl groups is 1. The second-order valence-electron chi connectivity index (χ2n) is 6.15. The van der Waals surface area contributed by atoms with Crippen molar-refractivity contribution in [3.63, 3.8) is 0 Å². The van der Waals surface area contributed by atoms with E-state index in [-0.39, 0.29) is 11.7 Å². The van der Waals surface area contributed by atoms with Crippen molar-refractivity contribution in [2.75, 3.05) is 0 Å². The summed E-state index contributed by atoms with van der Waals surface area (Å²) in [7, 11) is 0. The number of rotatable bonds is 2. The highest BCUT2D eigenvalue weighted by Gasteiger charge is 2.33. The first-order chi connectivity index (χ1) is 12.4. The molecule has 0 unspecified atom stereocenters. The first kappa shape index (κ1) is 16.4. The summed E-state index contributed by atoms with van der Waals surface area (Å²) in [6, 6.07) is 11.8. The zero-order chi connectivity index (χ0) is 18.5. The standard InChI is InChI=1S/C18H14F3N3O2/c19-18(20,21)12-6-7-14(15(25)10-12)24-17(26)23-13(8-9-16(23)22-24)11-4-2-1-3-5-11/h1-7,10,13,25H,8-9H2/t13-/m0/s1. The van der Waals surface area contributed by atoms with Gasteiger partial charge in [-0.2, -0.15) is 17.9 Å².